The van der Waals surface area contributed by atoms with E-state index in [2.05, 4.69) is 154 Å². The molecule has 1 aliphatic rings. The molecule has 1 aliphatic heterocycles. The summed E-state index contributed by atoms with van der Waals surface area (Å²) < 4.78 is 15.2. The Morgan fingerprint density at radius 3 is 1.82 bits per heavy atom. The van der Waals surface area contributed by atoms with E-state index in [9.17, 15) is 0 Å². The van der Waals surface area contributed by atoms with Gasteiger partial charge in [-0.05, 0) is 68.0 Å². The lowest BCUT2D eigenvalue weighted by molar-refractivity contribution is 0.00578. The number of rotatable bonds is 4. The van der Waals surface area contributed by atoms with Crippen molar-refractivity contribution >= 4 is 34.4 Å². The molecule has 1 saturated heterocycles. The first kappa shape index (κ1) is 24.9. The number of hydrogen-bond acceptors (Lipinski definition) is 2. The predicted octanol–water partition coefficient (Wildman–Crippen LogP) is 8.42. The number of fused-ring (bicyclic) bond motifs is 3. The van der Waals surface area contributed by atoms with Gasteiger partial charge in [0.25, 0.3) is 0 Å². The van der Waals surface area contributed by atoms with Gasteiger partial charge in [0.15, 0.2) is 0 Å². The first-order chi connectivity index (χ1) is 19.3. The maximum Gasteiger partial charge on any atom is 0.494 e. The quantitative estimate of drug-likeness (QED) is 0.218. The van der Waals surface area contributed by atoms with Gasteiger partial charge in [0.2, 0.25) is 0 Å². The molecule has 1 aromatic heterocycles. The summed E-state index contributed by atoms with van der Waals surface area (Å²) in [5.41, 5.74) is 8.52. The van der Waals surface area contributed by atoms with E-state index in [1.807, 2.05) is 0 Å². The Bertz CT molecular complexity index is 1840. The van der Waals surface area contributed by atoms with E-state index >= 15 is 0 Å². The van der Waals surface area contributed by atoms with Gasteiger partial charge in [-0.15, -0.1) is 0 Å². The van der Waals surface area contributed by atoms with Crippen molar-refractivity contribution in [3.8, 4) is 27.9 Å². The van der Waals surface area contributed by atoms with Crippen molar-refractivity contribution in [2.24, 2.45) is 0 Å². The summed E-state index contributed by atoms with van der Waals surface area (Å²) in [4.78, 5) is 0. The number of aromatic nitrogens is 1. The van der Waals surface area contributed by atoms with Crippen LogP contribution in [-0.2, 0) is 9.31 Å². The van der Waals surface area contributed by atoms with Crippen LogP contribution in [-0.4, -0.2) is 22.9 Å². The average molecular weight is 521 g/mol. The van der Waals surface area contributed by atoms with E-state index in [0.29, 0.717) is 0 Å². The van der Waals surface area contributed by atoms with Crippen LogP contribution < -0.4 is 5.46 Å². The summed E-state index contributed by atoms with van der Waals surface area (Å²) in [7, 11) is -0.405. The Morgan fingerprint density at radius 1 is 0.525 bits per heavy atom. The topological polar surface area (TPSA) is 23.4 Å². The van der Waals surface area contributed by atoms with Crippen LogP contribution in [0.3, 0.4) is 0 Å². The second kappa shape index (κ2) is 9.23. The normalized spacial score (nSPS) is 16.1. The minimum absolute atomic E-state index is 0.386. The summed E-state index contributed by atoms with van der Waals surface area (Å²) >= 11 is 0. The highest BCUT2D eigenvalue weighted by atomic mass is 16.7. The largest absolute Gasteiger partial charge is 0.494 e. The molecular formula is C36H32BNO2. The van der Waals surface area contributed by atoms with Crippen LogP contribution in [0.15, 0.2) is 121 Å². The fourth-order valence-electron chi connectivity index (χ4n) is 5.76. The molecule has 0 N–H and O–H groups in total. The van der Waals surface area contributed by atoms with Crippen LogP contribution >= 0.6 is 0 Å². The molecule has 1 fully saturated rings. The smallest absolute Gasteiger partial charge is 0.399 e. The number of benzene rings is 5. The first-order valence-corrected chi connectivity index (χ1v) is 14.0. The third-order valence-electron chi connectivity index (χ3n) is 8.65. The van der Waals surface area contributed by atoms with Gasteiger partial charge in [0, 0.05) is 16.3 Å². The molecule has 0 unspecified atom stereocenters. The van der Waals surface area contributed by atoms with E-state index < -0.39 is 7.12 Å². The number of hydrogen-bond donors (Lipinski definition) is 0. The third kappa shape index (κ3) is 3.99. The molecule has 5 aromatic carbocycles. The van der Waals surface area contributed by atoms with Crippen LogP contribution in [0.1, 0.15) is 27.7 Å². The Kier molecular flexibility index (Phi) is 5.74. The molecule has 3 nitrogen and oxygen atoms in total. The minimum atomic E-state index is -0.405. The van der Waals surface area contributed by atoms with Crippen LogP contribution in [0, 0.1) is 0 Å². The molecule has 196 valence electrons. The lowest BCUT2D eigenvalue weighted by Gasteiger charge is -2.32. The van der Waals surface area contributed by atoms with E-state index in [1.165, 1.54) is 38.5 Å². The van der Waals surface area contributed by atoms with Crippen LogP contribution in [0.5, 0.6) is 0 Å². The van der Waals surface area contributed by atoms with Gasteiger partial charge in [0.05, 0.1) is 27.9 Å². The van der Waals surface area contributed by atoms with Gasteiger partial charge in [-0.3, -0.25) is 0 Å². The van der Waals surface area contributed by atoms with E-state index in [4.69, 9.17) is 9.31 Å². The molecule has 40 heavy (non-hydrogen) atoms. The Hall–Kier alpha value is -4.12. The maximum atomic E-state index is 6.42. The Morgan fingerprint density at radius 2 is 1.12 bits per heavy atom. The molecule has 0 atom stereocenters. The molecule has 0 aliphatic carbocycles. The van der Waals surface area contributed by atoms with Gasteiger partial charge >= 0.3 is 7.12 Å². The molecule has 0 amide bonds. The molecule has 7 rings (SSSR count). The summed E-state index contributed by atoms with van der Waals surface area (Å²) in [5.74, 6) is 0. The monoisotopic (exact) mass is 521 g/mol. The SMILES string of the molecule is CC1(C)OB(c2ccc3c(c2)c2ccccc2n3-c2cc(-c3ccccc3)ccc2-c2ccccc2)OC1(C)C. The lowest BCUT2D eigenvalue weighted by Crippen LogP contribution is -2.41. The van der Waals surface area contributed by atoms with Crippen molar-refractivity contribution in [2.75, 3.05) is 0 Å². The number of para-hydroxylation sites is 1. The number of nitrogens with zero attached hydrogens (tertiary/aromatic N) is 1. The van der Waals surface area contributed by atoms with Crippen molar-refractivity contribution in [1.82, 2.24) is 4.57 Å². The summed E-state index contributed by atoms with van der Waals surface area (Å²) in [6.07, 6.45) is 0. The van der Waals surface area contributed by atoms with Crippen molar-refractivity contribution in [2.45, 2.75) is 38.9 Å². The molecular weight excluding hydrogens is 489 g/mol. The molecule has 6 aromatic rings. The van der Waals surface area contributed by atoms with Crippen LogP contribution in [0.2, 0.25) is 0 Å². The van der Waals surface area contributed by atoms with Crippen molar-refractivity contribution in [3.63, 3.8) is 0 Å². The zero-order chi connectivity index (χ0) is 27.5. The highest BCUT2D eigenvalue weighted by Gasteiger charge is 2.51. The molecule has 0 bridgehead atoms. The van der Waals surface area contributed by atoms with E-state index in [0.717, 1.165) is 16.7 Å². The summed E-state index contributed by atoms with van der Waals surface area (Å²) in [6, 6.07) is 43.3. The van der Waals surface area contributed by atoms with Crippen molar-refractivity contribution in [3.05, 3.63) is 121 Å². The first-order valence-electron chi connectivity index (χ1n) is 14.0. The molecule has 2 heterocycles. The fourth-order valence-corrected chi connectivity index (χ4v) is 5.76. The van der Waals surface area contributed by atoms with E-state index in [-0.39, 0.29) is 11.2 Å². The highest BCUT2D eigenvalue weighted by Crippen LogP contribution is 2.39. The van der Waals surface area contributed by atoms with Crippen molar-refractivity contribution in [1.29, 1.82) is 0 Å². The molecule has 4 heteroatoms. The zero-order valence-electron chi connectivity index (χ0n) is 23.4. The molecule has 0 spiro atoms. The second-order valence-electron chi connectivity index (χ2n) is 11.7. The highest BCUT2D eigenvalue weighted by molar-refractivity contribution is 6.62. The van der Waals surface area contributed by atoms with Gasteiger partial charge < -0.3 is 13.9 Å². The lowest BCUT2D eigenvalue weighted by atomic mass is 9.78. The minimum Gasteiger partial charge on any atom is -0.399 e. The van der Waals surface area contributed by atoms with Gasteiger partial charge in [-0.25, -0.2) is 0 Å². The summed E-state index contributed by atoms with van der Waals surface area (Å²) in [5, 5.41) is 2.40. The molecule has 0 saturated carbocycles. The average Bonchev–Trinajstić information content (AvgIpc) is 3.42. The Labute approximate surface area is 236 Å². The third-order valence-corrected chi connectivity index (χ3v) is 8.65. The fraction of sp³-hybridized carbons (Fsp3) is 0.167. The molecule has 0 radical (unpaired) electrons. The van der Waals surface area contributed by atoms with Gasteiger partial charge in [-0.1, -0.05) is 103 Å². The summed E-state index contributed by atoms with van der Waals surface area (Å²) in [6.45, 7) is 8.40. The van der Waals surface area contributed by atoms with Crippen molar-refractivity contribution < 1.29 is 9.31 Å². The van der Waals surface area contributed by atoms with Crippen LogP contribution in [0.4, 0.5) is 0 Å². The van der Waals surface area contributed by atoms with Crippen LogP contribution in [0.25, 0.3) is 49.7 Å². The maximum absolute atomic E-state index is 6.42. The zero-order valence-corrected chi connectivity index (χ0v) is 23.4. The van der Waals surface area contributed by atoms with Gasteiger partial charge in [0.1, 0.15) is 0 Å². The standard InChI is InChI=1S/C36H32BNO2/c1-35(2)36(3,4)40-37(39-35)28-20-22-33-31(24-28)30-17-11-12-18-32(30)38(33)34-23-27(25-13-7-5-8-14-25)19-21-29(34)26-15-9-6-10-16-26/h5-24H,1-4H3. The van der Waals surface area contributed by atoms with Gasteiger partial charge in [-0.2, -0.15) is 0 Å². The van der Waals surface area contributed by atoms with E-state index in [1.54, 1.807) is 0 Å². The predicted molar refractivity (Wildman–Crippen MR) is 167 cm³/mol. The Balaban J connectivity index is 1.47. The second-order valence-corrected chi connectivity index (χ2v) is 11.7.